The molecule has 2 nitrogen and oxygen atoms in total. The van der Waals surface area contributed by atoms with E-state index < -0.39 is 0 Å². The van der Waals surface area contributed by atoms with E-state index in [0.717, 1.165) is 5.69 Å². The van der Waals surface area contributed by atoms with Crippen molar-refractivity contribution >= 4 is 11.3 Å². The normalized spacial score (nSPS) is 11.6. The molecule has 0 aliphatic carbocycles. The van der Waals surface area contributed by atoms with E-state index in [2.05, 4.69) is 25.8 Å². The first-order valence-electron chi connectivity index (χ1n) is 5.72. The SMILES string of the molecule is COc1ccc(-c2nc(C(C)(C)C)cs2)c(F)c1. The Bertz CT molecular complexity index is 557. The first-order chi connectivity index (χ1) is 8.41. The Labute approximate surface area is 110 Å². The number of rotatable bonds is 2. The third-order valence-electron chi connectivity index (χ3n) is 2.68. The van der Waals surface area contributed by atoms with E-state index in [-0.39, 0.29) is 11.2 Å². The molecule has 2 aromatic rings. The van der Waals surface area contributed by atoms with Crippen LogP contribution in [0.5, 0.6) is 5.75 Å². The van der Waals surface area contributed by atoms with Gasteiger partial charge in [-0.3, -0.25) is 0 Å². The van der Waals surface area contributed by atoms with Crippen LogP contribution in [0.25, 0.3) is 10.6 Å². The number of hydrogen-bond acceptors (Lipinski definition) is 3. The summed E-state index contributed by atoms with van der Waals surface area (Å²) in [7, 11) is 1.52. The molecular weight excluding hydrogens is 249 g/mol. The molecule has 0 saturated carbocycles. The Morgan fingerprint density at radius 3 is 2.50 bits per heavy atom. The van der Waals surface area contributed by atoms with E-state index in [1.54, 1.807) is 12.1 Å². The summed E-state index contributed by atoms with van der Waals surface area (Å²) in [4.78, 5) is 4.51. The third-order valence-corrected chi connectivity index (χ3v) is 3.55. The summed E-state index contributed by atoms with van der Waals surface area (Å²) >= 11 is 1.47. The zero-order chi connectivity index (χ0) is 13.3. The van der Waals surface area contributed by atoms with Gasteiger partial charge in [0.25, 0.3) is 0 Å². The maximum absolute atomic E-state index is 13.9. The number of aromatic nitrogens is 1. The van der Waals surface area contributed by atoms with Crippen LogP contribution in [0.2, 0.25) is 0 Å². The van der Waals surface area contributed by atoms with Crippen LogP contribution >= 0.6 is 11.3 Å². The molecule has 0 aliphatic heterocycles. The summed E-state index contributed by atoms with van der Waals surface area (Å²) in [5.74, 6) is 0.216. The topological polar surface area (TPSA) is 22.1 Å². The van der Waals surface area contributed by atoms with Crippen molar-refractivity contribution in [2.45, 2.75) is 26.2 Å². The maximum atomic E-state index is 13.9. The van der Waals surface area contributed by atoms with Gasteiger partial charge in [0, 0.05) is 22.4 Å². The fourth-order valence-electron chi connectivity index (χ4n) is 1.54. The van der Waals surface area contributed by atoms with Crippen LogP contribution in [0.4, 0.5) is 4.39 Å². The van der Waals surface area contributed by atoms with Crippen LogP contribution in [-0.4, -0.2) is 12.1 Å². The zero-order valence-corrected chi connectivity index (χ0v) is 11.8. The van der Waals surface area contributed by atoms with Crippen molar-refractivity contribution in [2.24, 2.45) is 0 Å². The number of hydrogen-bond donors (Lipinski definition) is 0. The molecule has 0 aliphatic rings. The van der Waals surface area contributed by atoms with Gasteiger partial charge in [-0.25, -0.2) is 9.37 Å². The molecule has 2 rings (SSSR count). The summed E-state index contributed by atoms with van der Waals surface area (Å²) in [5, 5.41) is 2.69. The van der Waals surface area contributed by atoms with Crippen LogP contribution in [0.15, 0.2) is 23.6 Å². The van der Waals surface area contributed by atoms with Crippen LogP contribution in [0, 0.1) is 5.82 Å². The molecule has 0 unspecified atom stereocenters. The van der Waals surface area contributed by atoms with Crippen LogP contribution in [0.1, 0.15) is 26.5 Å². The second-order valence-electron chi connectivity index (χ2n) is 5.13. The minimum absolute atomic E-state index is 0.0162. The largest absolute Gasteiger partial charge is 0.497 e. The minimum atomic E-state index is -0.302. The quantitative estimate of drug-likeness (QED) is 0.809. The molecule has 0 N–H and O–H groups in total. The molecule has 0 saturated heterocycles. The van der Waals surface area contributed by atoms with E-state index in [1.165, 1.54) is 24.5 Å². The molecule has 0 spiro atoms. The summed E-state index contributed by atoms with van der Waals surface area (Å²) < 4.78 is 18.9. The average molecular weight is 265 g/mol. The van der Waals surface area contributed by atoms with Crippen molar-refractivity contribution in [1.29, 1.82) is 0 Å². The smallest absolute Gasteiger partial charge is 0.137 e. The van der Waals surface area contributed by atoms with E-state index in [1.807, 2.05) is 5.38 Å². The van der Waals surface area contributed by atoms with Gasteiger partial charge in [-0.05, 0) is 12.1 Å². The van der Waals surface area contributed by atoms with Gasteiger partial charge in [0.15, 0.2) is 0 Å². The lowest BCUT2D eigenvalue weighted by Crippen LogP contribution is -2.11. The lowest BCUT2D eigenvalue weighted by Gasteiger charge is -2.14. The molecule has 1 aromatic carbocycles. The number of benzene rings is 1. The molecule has 1 heterocycles. The summed E-state index contributed by atoms with van der Waals surface area (Å²) in [6.07, 6.45) is 0. The third kappa shape index (κ3) is 2.53. The summed E-state index contributed by atoms with van der Waals surface area (Å²) in [5.41, 5.74) is 1.49. The Morgan fingerprint density at radius 1 is 1.28 bits per heavy atom. The van der Waals surface area contributed by atoms with E-state index in [9.17, 15) is 4.39 Å². The number of methoxy groups -OCH3 is 1. The second kappa shape index (κ2) is 4.69. The van der Waals surface area contributed by atoms with Crippen molar-refractivity contribution in [1.82, 2.24) is 4.98 Å². The van der Waals surface area contributed by atoms with Crippen molar-refractivity contribution < 1.29 is 9.13 Å². The van der Waals surface area contributed by atoms with Gasteiger partial charge >= 0.3 is 0 Å². The van der Waals surface area contributed by atoms with Gasteiger partial charge in [-0.2, -0.15) is 0 Å². The van der Waals surface area contributed by atoms with Gasteiger partial charge in [-0.15, -0.1) is 11.3 Å². The highest BCUT2D eigenvalue weighted by molar-refractivity contribution is 7.13. The first-order valence-corrected chi connectivity index (χ1v) is 6.59. The zero-order valence-electron chi connectivity index (χ0n) is 11.0. The van der Waals surface area contributed by atoms with Gasteiger partial charge in [0.1, 0.15) is 16.6 Å². The monoisotopic (exact) mass is 265 g/mol. The highest BCUT2D eigenvalue weighted by Crippen LogP contribution is 2.32. The standard InChI is InChI=1S/C14H16FNOS/c1-14(2,3)12-8-18-13(16-12)10-6-5-9(17-4)7-11(10)15/h5-8H,1-4H3. The van der Waals surface area contributed by atoms with E-state index in [4.69, 9.17) is 4.74 Å². The molecule has 1 aromatic heterocycles. The number of nitrogens with zero attached hydrogens (tertiary/aromatic N) is 1. The molecule has 0 amide bonds. The molecule has 0 fully saturated rings. The van der Waals surface area contributed by atoms with Crippen molar-refractivity contribution in [3.05, 3.63) is 35.1 Å². The van der Waals surface area contributed by atoms with Crippen LogP contribution < -0.4 is 4.74 Å². The lowest BCUT2D eigenvalue weighted by atomic mass is 9.93. The van der Waals surface area contributed by atoms with Crippen molar-refractivity contribution in [2.75, 3.05) is 7.11 Å². The van der Waals surface area contributed by atoms with Crippen molar-refractivity contribution in [3.8, 4) is 16.3 Å². The number of thiazole rings is 1. The number of ether oxygens (including phenoxy) is 1. The number of halogens is 1. The summed E-state index contributed by atoms with van der Waals surface area (Å²) in [6, 6.07) is 4.84. The van der Waals surface area contributed by atoms with E-state index in [0.29, 0.717) is 16.3 Å². The Morgan fingerprint density at radius 2 is 2.00 bits per heavy atom. The van der Waals surface area contributed by atoms with Crippen LogP contribution in [0.3, 0.4) is 0 Å². The summed E-state index contributed by atoms with van der Waals surface area (Å²) in [6.45, 7) is 6.28. The van der Waals surface area contributed by atoms with E-state index >= 15 is 0 Å². The molecule has 0 bridgehead atoms. The second-order valence-corrected chi connectivity index (χ2v) is 5.99. The Balaban J connectivity index is 2.40. The fourth-order valence-corrected chi connectivity index (χ4v) is 2.61. The molecule has 18 heavy (non-hydrogen) atoms. The van der Waals surface area contributed by atoms with Gasteiger partial charge < -0.3 is 4.74 Å². The highest BCUT2D eigenvalue weighted by atomic mass is 32.1. The van der Waals surface area contributed by atoms with Gasteiger partial charge in [0.2, 0.25) is 0 Å². The molecule has 4 heteroatoms. The van der Waals surface area contributed by atoms with Gasteiger partial charge in [-0.1, -0.05) is 20.8 Å². The molecular formula is C14H16FNOS. The predicted octanol–water partition coefficient (Wildman–Crippen LogP) is 4.26. The Kier molecular flexibility index (Phi) is 3.39. The van der Waals surface area contributed by atoms with Gasteiger partial charge in [0.05, 0.1) is 12.8 Å². The lowest BCUT2D eigenvalue weighted by molar-refractivity contribution is 0.411. The highest BCUT2D eigenvalue weighted by Gasteiger charge is 2.19. The molecule has 0 atom stereocenters. The predicted molar refractivity (Wildman–Crippen MR) is 72.8 cm³/mol. The molecule has 96 valence electrons. The average Bonchev–Trinajstić information content (AvgIpc) is 2.77. The minimum Gasteiger partial charge on any atom is -0.497 e. The fraction of sp³-hybridized carbons (Fsp3) is 0.357. The van der Waals surface area contributed by atoms with Crippen molar-refractivity contribution in [3.63, 3.8) is 0 Å². The Hall–Kier alpha value is -1.42. The first kappa shape index (κ1) is 13.0. The maximum Gasteiger partial charge on any atom is 0.137 e. The van der Waals surface area contributed by atoms with Crippen LogP contribution in [-0.2, 0) is 5.41 Å². The molecule has 0 radical (unpaired) electrons.